The number of carboxylic acid groups (broad SMARTS) is 1. The molecule has 6 nitrogen and oxygen atoms in total. The molecule has 1 aromatic carbocycles. The summed E-state index contributed by atoms with van der Waals surface area (Å²) in [5.41, 5.74) is 0.787. The first kappa shape index (κ1) is 14.5. The minimum atomic E-state index is -0.851. The fourth-order valence-electron chi connectivity index (χ4n) is 2.36. The second-order valence-corrected chi connectivity index (χ2v) is 5.13. The standard InChI is InChI=1S/C14H18N2O4/c1-2-12(15-13(14(17)18)9-6-7-9)10-4-3-5-11(8-10)16(19)20/h3-5,8-9,12-13,15H,2,6-7H2,1H3,(H,17,18). The fourth-order valence-corrected chi connectivity index (χ4v) is 2.36. The number of benzene rings is 1. The van der Waals surface area contributed by atoms with Crippen LogP contribution in [0.3, 0.4) is 0 Å². The lowest BCUT2D eigenvalue weighted by Gasteiger charge is -2.22. The zero-order valence-electron chi connectivity index (χ0n) is 11.3. The number of nitro benzene ring substituents is 1. The molecule has 0 amide bonds. The highest BCUT2D eigenvalue weighted by molar-refractivity contribution is 5.74. The van der Waals surface area contributed by atoms with Gasteiger partial charge in [0.25, 0.3) is 5.69 Å². The molecule has 0 saturated heterocycles. The molecule has 0 aliphatic heterocycles. The van der Waals surface area contributed by atoms with Gasteiger partial charge >= 0.3 is 5.97 Å². The maximum atomic E-state index is 11.3. The lowest BCUT2D eigenvalue weighted by atomic mass is 10.0. The predicted molar refractivity (Wildman–Crippen MR) is 73.4 cm³/mol. The van der Waals surface area contributed by atoms with Crippen LogP contribution in [-0.2, 0) is 4.79 Å². The van der Waals surface area contributed by atoms with Crippen LogP contribution in [0.1, 0.15) is 37.8 Å². The van der Waals surface area contributed by atoms with Gasteiger partial charge in [0.2, 0.25) is 0 Å². The van der Waals surface area contributed by atoms with Gasteiger partial charge in [0.05, 0.1) is 4.92 Å². The summed E-state index contributed by atoms with van der Waals surface area (Å²) < 4.78 is 0. The lowest BCUT2D eigenvalue weighted by molar-refractivity contribution is -0.384. The highest BCUT2D eigenvalue weighted by Gasteiger charge is 2.37. The van der Waals surface area contributed by atoms with Gasteiger partial charge < -0.3 is 5.11 Å². The van der Waals surface area contributed by atoms with Gasteiger partial charge in [-0.1, -0.05) is 19.1 Å². The van der Waals surface area contributed by atoms with Crippen molar-refractivity contribution in [3.05, 3.63) is 39.9 Å². The molecular weight excluding hydrogens is 260 g/mol. The van der Waals surface area contributed by atoms with Crippen molar-refractivity contribution in [2.45, 2.75) is 38.3 Å². The minimum absolute atomic E-state index is 0.0287. The van der Waals surface area contributed by atoms with Crippen LogP contribution in [-0.4, -0.2) is 22.0 Å². The Morgan fingerprint density at radius 2 is 2.25 bits per heavy atom. The summed E-state index contributed by atoms with van der Waals surface area (Å²) in [6, 6.07) is 5.61. The van der Waals surface area contributed by atoms with Crippen molar-refractivity contribution >= 4 is 11.7 Å². The van der Waals surface area contributed by atoms with Gasteiger partial charge in [0.1, 0.15) is 6.04 Å². The van der Waals surface area contributed by atoms with Crippen molar-refractivity contribution in [1.82, 2.24) is 5.32 Å². The summed E-state index contributed by atoms with van der Waals surface area (Å²) in [4.78, 5) is 21.6. The Balaban J connectivity index is 2.16. The van der Waals surface area contributed by atoms with Gasteiger partial charge in [-0.15, -0.1) is 0 Å². The van der Waals surface area contributed by atoms with Crippen LogP contribution in [0.5, 0.6) is 0 Å². The summed E-state index contributed by atoms with van der Waals surface area (Å²) in [5.74, 6) is -0.670. The molecule has 1 aliphatic rings. The molecule has 6 heteroatoms. The van der Waals surface area contributed by atoms with Crippen LogP contribution in [0.4, 0.5) is 5.69 Å². The predicted octanol–water partition coefficient (Wildman–Crippen LogP) is 2.50. The van der Waals surface area contributed by atoms with Crippen molar-refractivity contribution < 1.29 is 14.8 Å². The molecule has 1 aromatic rings. The number of nitrogens with zero attached hydrogens (tertiary/aromatic N) is 1. The molecule has 2 rings (SSSR count). The zero-order valence-corrected chi connectivity index (χ0v) is 11.3. The molecule has 0 radical (unpaired) electrons. The number of carbonyl (C=O) groups is 1. The Morgan fingerprint density at radius 1 is 1.55 bits per heavy atom. The topological polar surface area (TPSA) is 92.5 Å². The maximum Gasteiger partial charge on any atom is 0.320 e. The van der Waals surface area contributed by atoms with Crippen LogP contribution >= 0.6 is 0 Å². The Kier molecular flexibility index (Phi) is 4.34. The average Bonchev–Trinajstić information content (AvgIpc) is 3.24. The highest BCUT2D eigenvalue weighted by atomic mass is 16.6. The summed E-state index contributed by atoms with van der Waals surface area (Å²) in [5, 5.41) is 23.2. The van der Waals surface area contributed by atoms with E-state index in [1.165, 1.54) is 12.1 Å². The van der Waals surface area contributed by atoms with Gasteiger partial charge in [-0.3, -0.25) is 20.2 Å². The second kappa shape index (κ2) is 6.00. The normalized spacial score (nSPS) is 17.4. The molecule has 0 bridgehead atoms. The van der Waals surface area contributed by atoms with E-state index in [1.807, 2.05) is 6.92 Å². The number of nitrogens with one attached hydrogen (secondary N) is 1. The van der Waals surface area contributed by atoms with Gasteiger partial charge in [-0.05, 0) is 30.7 Å². The SMILES string of the molecule is CCC(NC(C(=O)O)C1CC1)c1cccc([N+](=O)[O-])c1. The molecule has 1 aliphatic carbocycles. The quantitative estimate of drug-likeness (QED) is 0.590. The maximum absolute atomic E-state index is 11.3. The third-order valence-electron chi connectivity index (χ3n) is 3.63. The molecule has 1 saturated carbocycles. The summed E-state index contributed by atoms with van der Waals surface area (Å²) in [6.07, 6.45) is 2.53. The molecule has 2 atom stereocenters. The fraction of sp³-hybridized carbons (Fsp3) is 0.500. The van der Waals surface area contributed by atoms with Gasteiger partial charge in [-0.2, -0.15) is 0 Å². The number of rotatable bonds is 7. The lowest BCUT2D eigenvalue weighted by Crippen LogP contribution is -2.40. The molecular formula is C14H18N2O4. The highest BCUT2D eigenvalue weighted by Crippen LogP contribution is 2.34. The first-order valence-corrected chi connectivity index (χ1v) is 6.76. The third kappa shape index (κ3) is 3.33. The van der Waals surface area contributed by atoms with Crippen molar-refractivity contribution in [2.75, 3.05) is 0 Å². The van der Waals surface area contributed by atoms with Crippen molar-refractivity contribution in [3.8, 4) is 0 Å². The molecule has 0 heterocycles. The monoisotopic (exact) mass is 278 g/mol. The smallest absolute Gasteiger partial charge is 0.320 e. The molecule has 0 aromatic heterocycles. The number of non-ortho nitro benzene ring substituents is 1. The van der Waals surface area contributed by atoms with Gasteiger partial charge in [0.15, 0.2) is 0 Å². The first-order valence-electron chi connectivity index (χ1n) is 6.76. The van der Waals surface area contributed by atoms with Gasteiger partial charge in [-0.25, -0.2) is 0 Å². The first-order chi connectivity index (χ1) is 9.52. The second-order valence-electron chi connectivity index (χ2n) is 5.13. The molecule has 0 spiro atoms. The van der Waals surface area contributed by atoms with Crippen LogP contribution in [0.2, 0.25) is 0 Å². The van der Waals surface area contributed by atoms with Crippen molar-refractivity contribution in [3.63, 3.8) is 0 Å². The van der Waals surface area contributed by atoms with Crippen molar-refractivity contribution in [1.29, 1.82) is 0 Å². The minimum Gasteiger partial charge on any atom is -0.480 e. The third-order valence-corrected chi connectivity index (χ3v) is 3.63. The molecule has 1 fully saturated rings. The Labute approximate surface area is 117 Å². The molecule has 2 unspecified atom stereocenters. The molecule has 20 heavy (non-hydrogen) atoms. The zero-order chi connectivity index (χ0) is 14.7. The van der Waals surface area contributed by atoms with Crippen LogP contribution in [0, 0.1) is 16.0 Å². The van der Waals surface area contributed by atoms with Crippen LogP contribution < -0.4 is 5.32 Å². The van der Waals surface area contributed by atoms with E-state index in [2.05, 4.69) is 5.32 Å². The number of carboxylic acids is 1. The Morgan fingerprint density at radius 3 is 2.75 bits per heavy atom. The van der Waals surface area contributed by atoms with E-state index >= 15 is 0 Å². The Bertz CT molecular complexity index is 514. The van der Waals surface area contributed by atoms with E-state index in [0.717, 1.165) is 18.4 Å². The van der Waals surface area contributed by atoms with E-state index in [-0.39, 0.29) is 17.6 Å². The van der Waals surface area contributed by atoms with E-state index in [4.69, 9.17) is 0 Å². The summed E-state index contributed by atoms with van der Waals surface area (Å²) in [7, 11) is 0. The average molecular weight is 278 g/mol. The van der Waals surface area contributed by atoms with Crippen molar-refractivity contribution in [2.24, 2.45) is 5.92 Å². The van der Waals surface area contributed by atoms with E-state index in [0.29, 0.717) is 6.42 Å². The number of nitro groups is 1. The number of hydrogen-bond donors (Lipinski definition) is 2. The largest absolute Gasteiger partial charge is 0.480 e. The van der Waals surface area contributed by atoms with Crippen LogP contribution in [0.25, 0.3) is 0 Å². The summed E-state index contributed by atoms with van der Waals surface area (Å²) >= 11 is 0. The van der Waals surface area contributed by atoms with E-state index in [1.54, 1.807) is 12.1 Å². The summed E-state index contributed by atoms with van der Waals surface area (Å²) in [6.45, 7) is 1.93. The number of hydrogen-bond acceptors (Lipinski definition) is 4. The Hall–Kier alpha value is -1.95. The van der Waals surface area contributed by atoms with Gasteiger partial charge in [0, 0.05) is 18.2 Å². The molecule has 108 valence electrons. The number of aliphatic carboxylic acids is 1. The van der Waals surface area contributed by atoms with E-state index < -0.39 is 16.9 Å². The molecule has 2 N–H and O–H groups in total. The van der Waals surface area contributed by atoms with E-state index in [9.17, 15) is 20.0 Å². The van der Waals surface area contributed by atoms with Crippen LogP contribution in [0.15, 0.2) is 24.3 Å².